The van der Waals surface area contributed by atoms with E-state index in [2.05, 4.69) is 36.8 Å². The molecule has 2 N–H and O–H groups in total. The van der Waals surface area contributed by atoms with E-state index >= 15 is 0 Å². The van der Waals surface area contributed by atoms with Crippen LogP contribution < -0.4 is 15.4 Å². The molecule has 0 radical (unpaired) electrons. The summed E-state index contributed by atoms with van der Waals surface area (Å²) >= 11 is 3.45. The van der Waals surface area contributed by atoms with Gasteiger partial charge in [-0.1, -0.05) is 15.9 Å². The van der Waals surface area contributed by atoms with Crippen LogP contribution in [0.25, 0.3) is 22.0 Å². The first-order valence-electron chi connectivity index (χ1n) is 8.93. The highest BCUT2D eigenvalue weighted by molar-refractivity contribution is 9.10. The first kappa shape index (κ1) is 18.1. The molecule has 0 aliphatic carbocycles. The maximum atomic E-state index is 14.0. The van der Waals surface area contributed by atoms with Crippen LogP contribution in [-0.2, 0) is 0 Å². The summed E-state index contributed by atoms with van der Waals surface area (Å²) in [5.74, 6) is 0.994. The van der Waals surface area contributed by atoms with E-state index in [0.717, 1.165) is 46.7 Å². The Morgan fingerprint density at radius 3 is 2.85 bits per heavy atom. The quantitative estimate of drug-likeness (QED) is 0.643. The van der Waals surface area contributed by atoms with Gasteiger partial charge >= 0.3 is 0 Å². The standard InChI is InChI=1S/C20H20BrFN4O/c1-27-18-9-12(21)4-6-16(18)19-15-7-5-13(22)10-17(15)20(26-25-19)24-14-3-2-8-23-11-14/h4-7,9-10,14,23H,2-3,8,11H2,1H3,(H,24,26)/t14-/m1/s1. The number of nitrogens with one attached hydrogen (secondary N) is 2. The molecular weight excluding hydrogens is 411 g/mol. The monoisotopic (exact) mass is 430 g/mol. The molecule has 3 aromatic rings. The Bertz CT molecular complexity index is 976. The second-order valence-corrected chi connectivity index (χ2v) is 7.54. The molecule has 0 unspecified atom stereocenters. The lowest BCUT2D eigenvalue weighted by molar-refractivity contribution is 0.416. The Morgan fingerprint density at radius 1 is 1.19 bits per heavy atom. The van der Waals surface area contributed by atoms with Crippen molar-refractivity contribution < 1.29 is 9.13 Å². The summed E-state index contributed by atoms with van der Waals surface area (Å²) in [5, 5.41) is 17.2. The molecule has 1 aliphatic heterocycles. The number of hydrogen-bond acceptors (Lipinski definition) is 5. The van der Waals surface area contributed by atoms with E-state index in [4.69, 9.17) is 4.74 Å². The fourth-order valence-electron chi connectivity index (χ4n) is 3.46. The van der Waals surface area contributed by atoms with Gasteiger partial charge in [0.1, 0.15) is 17.3 Å². The zero-order chi connectivity index (χ0) is 18.8. The highest BCUT2D eigenvalue weighted by Crippen LogP contribution is 2.37. The summed E-state index contributed by atoms with van der Waals surface area (Å²) < 4.78 is 20.4. The summed E-state index contributed by atoms with van der Waals surface area (Å²) in [6, 6.07) is 10.7. The second kappa shape index (κ2) is 7.78. The molecule has 27 heavy (non-hydrogen) atoms. The predicted molar refractivity (Wildman–Crippen MR) is 109 cm³/mol. The number of nitrogens with zero attached hydrogens (tertiary/aromatic N) is 2. The van der Waals surface area contributed by atoms with Crippen LogP contribution in [0.5, 0.6) is 5.75 Å². The molecule has 0 bridgehead atoms. The highest BCUT2D eigenvalue weighted by Gasteiger charge is 2.18. The summed E-state index contributed by atoms with van der Waals surface area (Å²) in [6.45, 7) is 1.89. The van der Waals surface area contributed by atoms with Crippen LogP contribution in [0, 0.1) is 5.82 Å². The molecule has 7 heteroatoms. The number of methoxy groups -OCH3 is 1. The van der Waals surface area contributed by atoms with Crippen molar-refractivity contribution in [3.8, 4) is 17.0 Å². The molecule has 1 fully saturated rings. The molecule has 4 rings (SSSR count). The lowest BCUT2D eigenvalue weighted by Crippen LogP contribution is -2.38. The topological polar surface area (TPSA) is 59.1 Å². The van der Waals surface area contributed by atoms with Crippen LogP contribution in [0.2, 0.25) is 0 Å². The molecule has 1 aliphatic rings. The van der Waals surface area contributed by atoms with Crippen molar-refractivity contribution in [2.75, 3.05) is 25.5 Å². The van der Waals surface area contributed by atoms with Gasteiger partial charge in [-0.2, -0.15) is 0 Å². The van der Waals surface area contributed by atoms with E-state index in [1.165, 1.54) is 12.1 Å². The minimum absolute atomic E-state index is 0.257. The number of rotatable bonds is 4. The predicted octanol–water partition coefficient (Wildman–Crippen LogP) is 4.37. The van der Waals surface area contributed by atoms with Crippen molar-refractivity contribution in [3.05, 3.63) is 46.7 Å². The van der Waals surface area contributed by atoms with Crippen molar-refractivity contribution in [1.29, 1.82) is 0 Å². The molecule has 0 amide bonds. The first-order valence-corrected chi connectivity index (χ1v) is 9.72. The molecule has 5 nitrogen and oxygen atoms in total. The van der Waals surface area contributed by atoms with Gasteiger partial charge in [-0.05, 0) is 55.8 Å². The van der Waals surface area contributed by atoms with E-state index in [0.29, 0.717) is 17.3 Å². The van der Waals surface area contributed by atoms with Gasteiger partial charge in [0.25, 0.3) is 0 Å². The molecule has 1 aromatic heterocycles. The minimum atomic E-state index is -0.297. The fraction of sp³-hybridized carbons (Fsp3) is 0.300. The van der Waals surface area contributed by atoms with Gasteiger partial charge in [0.15, 0.2) is 5.82 Å². The van der Waals surface area contributed by atoms with E-state index < -0.39 is 0 Å². The summed E-state index contributed by atoms with van der Waals surface area (Å²) in [5.41, 5.74) is 1.48. The van der Waals surface area contributed by atoms with Crippen molar-refractivity contribution >= 4 is 32.5 Å². The minimum Gasteiger partial charge on any atom is -0.496 e. The van der Waals surface area contributed by atoms with Crippen LogP contribution in [0.4, 0.5) is 10.2 Å². The average molecular weight is 431 g/mol. The summed E-state index contributed by atoms with van der Waals surface area (Å²) in [6.07, 6.45) is 2.15. The van der Waals surface area contributed by atoms with Gasteiger partial charge in [0.05, 0.1) is 7.11 Å². The van der Waals surface area contributed by atoms with Crippen molar-refractivity contribution in [3.63, 3.8) is 0 Å². The van der Waals surface area contributed by atoms with E-state index in [9.17, 15) is 4.39 Å². The molecular formula is C20H20BrFN4O. The number of anilines is 1. The maximum absolute atomic E-state index is 14.0. The fourth-order valence-corrected chi connectivity index (χ4v) is 3.80. The van der Waals surface area contributed by atoms with Crippen LogP contribution in [-0.4, -0.2) is 36.4 Å². The van der Waals surface area contributed by atoms with Gasteiger partial charge in [-0.15, -0.1) is 10.2 Å². The highest BCUT2D eigenvalue weighted by atomic mass is 79.9. The normalized spacial score (nSPS) is 17.1. The Balaban J connectivity index is 1.83. The summed E-state index contributed by atoms with van der Waals surface area (Å²) in [7, 11) is 1.62. The third-order valence-corrected chi connectivity index (χ3v) is 5.29. The smallest absolute Gasteiger partial charge is 0.156 e. The molecule has 0 saturated carbocycles. The second-order valence-electron chi connectivity index (χ2n) is 6.62. The third-order valence-electron chi connectivity index (χ3n) is 4.80. The van der Waals surface area contributed by atoms with Crippen molar-refractivity contribution in [1.82, 2.24) is 15.5 Å². The molecule has 0 spiro atoms. The Labute approximate surface area is 165 Å². The average Bonchev–Trinajstić information content (AvgIpc) is 2.69. The number of halogens is 2. The molecule has 140 valence electrons. The lowest BCUT2D eigenvalue weighted by Gasteiger charge is -2.24. The molecule has 2 heterocycles. The third kappa shape index (κ3) is 3.75. The number of benzene rings is 2. The number of fused-ring (bicyclic) bond motifs is 1. The SMILES string of the molecule is COc1cc(Br)ccc1-c1nnc(N[C@@H]2CCCNC2)c2cc(F)ccc12. The summed E-state index contributed by atoms with van der Waals surface area (Å²) in [4.78, 5) is 0. The number of aromatic nitrogens is 2. The maximum Gasteiger partial charge on any atom is 0.156 e. The molecule has 1 saturated heterocycles. The van der Waals surface area contributed by atoms with Crippen LogP contribution in [0.15, 0.2) is 40.9 Å². The van der Waals surface area contributed by atoms with Gasteiger partial charge in [-0.25, -0.2) is 4.39 Å². The van der Waals surface area contributed by atoms with Crippen LogP contribution in [0.3, 0.4) is 0 Å². The lowest BCUT2D eigenvalue weighted by atomic mass is 10.0. The molecule has 2 aromatic carbocycles. The van der Waals surface area contributed by atoms with Crippen molar-refractivity contribution in [2.24, 2.45) is 0 Å². The van der Waals surface area contributed by atoms with Crippen LogP contribution >= 0.6 is 15.9 Å². The van der Waals surface area contributed by atoms with Crippen LogP contribution in [0.1, 0.15) is 12.8 Å². The Morgan fingerprint density at radius 2 is 2.07 bits per heavy atom. The van der Waals surface area contributed by atoms with Gasteiger partial charge in [0, 0.05) is 33.4 Å². The Kier molecular flexibility index (Phi) is 5.22. The number of hydrogen-bond donors (Lipinski definition) is 2. The number of ether oxygens (including phenoxy) is 1. The van der Waals surface area contributed by atoms with Gasteiger partial charge in [0.2, 0.25) is 0 Å². The van der Waals surface area contributed by atoms with E-state index in [-0.39, 0.29) is 11.9 Å². The number of piperidine rings is 1. The molecule has 1 atom stereocenters. The zero-order valence-corrected chi connectivity index (χ0v) is 16.5. The van der Waals surface area contributed by atoms with E-state index in [1.807, 2.05) is 18.2 Å². The van der Waals surface area contributed by atoms with Gasteiger partial charge < -0.3 is 15.4 Å². The van der Waals surface area contributed by atoms with E-state index in [1.54, 1.807) is 13.2 Å². The largest absolute Gasteiger partial charge is 0.496 e. The zero-order valence-electron chi connectivity index (χ0n) is 14.9. The Hall–Kier alpha value is -2.25. The first-order chi connectivity index (χ1) is 13.2. The van der Waals surface area contributed by atoms with Gasteiger partial charge in [-0.3, -0.25) is 0 Å². The van der Waals surface area contributed by atoms with Crippen molar-refractivity contribution in [2.45, 2.75) is 18.9 Å².